The molecule has 2 aliphatic carbocycles. The summed E-state index contributed by atoms with van der Waals surface area (Å²) < 4.78 is 12.9. The van der Waals surface area contributed by atoms with Crippen molar-refractivity contribution in [3.05, 3.63) is 35.6 Å². The van der Waals surface area contributed by atoms with Crippen molar-refractivity contribution in [2.24, 2.45) is 16.7 Å². The maximum Gasteiger partial charge on any atom is 0.123 e. The molecule has 0 heterocycles. The van der Waals surface area contributed by atoms with Crippen LogP contribution in [0, 0.1) is 22.6 Å². The third kappa shape index (κ3) is 2.18. The van der Waals surface area contributed by atoms with E-state index in [1.165, 1.54) is 18.4 Å². The molecule has 2 saturated carbocycles. The Balaban J connectivity index is 1.44. The van der Waals surface area contributed by atoms with E-state index in [-0.39, 0.29) is 5.82 Å². The lowest BCUT2D eigenvalue weighted by Crippen LogP contribution is -2.41. The van der Waals surface area contributed by atoms with Gasteiger partial charge in [-0.25, -0.2) is 4.39 Å². The Hall–Kier alpha value is -0.890. The summed E-state index contributed by atoms with van der Waals surface area (Å²) in [5, 5.41) is 3.73. The molecule has 0 atom stereocenters. The van der Waals surface area contributed by atoms with Crippen LogP contribution in [0.4, 0.5) is 4.39 Å². The van der Waals surface area contributed by atoms with Gasteiger partial charge in [0.15, 0.2) is 0 Å². The average molecular weight is 275 g/mol. The second-order valence-electron chi connectivity index (χ2n) is 7.82. The van der Waals surface area contributed by atoms with Crippen molar-refractivity contribution >= 4 is 0 Å². The highest BCUT2D eigenvalue weighted by molar-refractivity contribution is 5.23. The highest BCUT2D eigenvalue weighted by Gasteiger charge is 2.64. The Kier molecular flexibility index (Phi) is 3.20. The van der Waals surface area contributed by atoms with Crippen LogP contribution in [-0.4, -0.2) is 12.6 Å². The van der Waals surface area contributed by atoms with Gasteiger partial charge >= 0.3 is 0 Å². The zero-order valence-corrected chi connectivity index (χ0v) is 13.0. The summed E-state index contributed by atoms with van der Waals surface area (Å²) >= 11 is 0. The zero-order chi connectivity index (χ0) is 14.5. The summed E-state index contributed by atoms with van der Waals surface area (Å²) in [6, 6.07) is 7.67. The van der Waals surface area contributed by atoms with E-state index >= 15 is 0 Å². The van der Waals surface area contributed by atoms with Gasteiger partial charge in [0, 0.05) is 6.04 Å². The van der Waals surface area contributed by atoms with Gasteiger partial charge in [-0.3, -0.25) is 0 Å². The van der Waals surface area contributed by atoms with Gasteiger partial charge in [-0.05, 0) is 59.7 Å². The van der Waals surface area contributed by atoms with Gasteiger partial charge in [-0.1, -0.05) is 39.8 Å². The number of hydrogen-bond acceptors (Lipinski definition) is 1. The molecule has 0 spiro atoms. The van der Waals surface area contributed by atoms with Gasteiger partial charge in [0.05, 0.1) is 0 Å². The molecule has 1 aromatic rings. The SMILES string of the molecule is CC1(C)C(CNC2CC(c3ccc(F)cc3)C2)C1(C)C. The van der Waals surface area contributed by atoms with Gasteiger partial charge < -0.3 is 5.32 Å². The standard InChI is InChI=1S/C18H26FN/c1-17(2)16(18(17,3)4)11-20-15-9-13(10-15)12-5-7-14(19)8-6-12/h5-8,13,15-16,20H,9-11H2,1-4H3. The van der Waals surface area contributed by atoms with Gasteiger partial charge in [0.2, 0.25) is 0 Å². The molecule has 2 heteroatoms. The monoisotopic (exact) mass is 275 g/mol. The van der Waals surface area contributed by atoms with Gasteiger partial charge in [0.1, 0.15) is 5.82 Å². The van der Waals surface area contributed by atoms with Gasteiger partial charge in [-0.2, -0.15) is 0 Å². The van der Waals surface area contributed by atoms with E-state index in [0.717, 1.165) is 12.5 Å². The zero-order valence-electron chi connectivity index (χ0n) is 13.0. The van der Waals surface area contributed by atoms with Gasteiger partial charge in [0.25, 0.3) is 0 Å². The fraction of sp³-hybridized carbons (Fsp3) is 0.667. The Morgan fingerprint density at radius 2 is 1.60 bits per heavy atom. The molecule has 0 saturated heterocycles. The van der Waals surface area contributed by atoms with Crippen molar-refractivity contribution in [1.29, 1.82) is 0 Å². The molecule has 20 heavy (non-hydrogen) atoms. The van der Waals surface area contributed by atoms with Gasteiger partial charge in [-0.15, -0.1) is 0 Å². The molecule has 0 radical (unpaired) electrons. The molecule has 1 aromatic carbocycles. The molecule has 0 amide bonds. The number of halogens is 1. The van der Waals surface area contributed by atoms with Crippen molar-refractivity contribution in [2.75, 3.05) is 6.54 Å². The molecule has 110 valence electrons. The summed E-state index contributed by atoms with van der Waals surface area (Å²) in [6.07, 6.45) is 2.39. The molecule has 1 N–H and O–H groups in total. The minimum atomic E-state index is -0.138. The van der Waals surface area contributed by atoms with Crippen molar-refractivity contribution in [2.45, 2.75) is 52.5 Å². The highest BCUT2D eigenvalue weighted by atomic mass is 19.1. The predicted molar refractivity (Wildman–Crippen MR) is 81.2 cm³/mol. The summed E-state index contributed by atoms with van der Waals surface area (Å²) in [6.45, 7) is 10.6. The molecule has 1 nitrogen and oxygen atoms in total. The van der Waals surface area contributed by atoms with Crippen molar-refractivity contribution in [3.8, 4) is 0 Å². The topological polar surface area (TPSA) is 12.0 Å². The summed E-state index contributed by atoms with van der Waals surface area (Å²) in [4.78, 5) is 0. The largest absolute Gasteiger partial charge is 0.314 e. The molecular weight excluding hydrogens is 249 g/mol. The van der Waals surface area contributed by atoms with E-state index in [4.69, 9.17) is 0 Å². The Morgan fingerprint density at radius 1 is 1.05 bits per heavy atom. The molecular formula is C18H26FN. The second kappa shape index (κ2) is 4.56. The van der Waals surface area contributed by atoms with Crippen LogP contribution in [0.5, 0.6) is 0 Å². The second-order valence-corrected chi connectivity index (χ2v) is 7.82. The smallest absolute Gasteiger partial charge is 0.123 e. The van der Waals surface area contributed by atoms with Crippen molar-refractivity contribution in [3.63, 3.8) is 0 Å². The summed E-state index contributed by atoms with van der Waals surface area (Å²) in [7, 11) is 0. The quantitative estimate of drug-likeness (QED) is 0.861. The van der Waals surface area contributed by atoms with E-state index in [1.54, 1.807) is 12.1 Å². The minimum absolute atomic E-state index is 0.138. The van der Waals surface area contributed by atoms with Crippen LogP contribution in [0.1, 0.15) is 52.0 Å². The summed E-state index contributed by atoms with van der Waals surface area (Å²) in [5.74, 6) is 1.27. The molecule has 2 fully saturated rings. The maximum atomic E-state index is 12.9. The lowest BCUT2D eigenvalue weighted by Gasteiger charge is -2.36. The van der Waals surface area contributed by atoms with Crippen LogP contribution in [0.25, 0.3) is 0 Å². The number of nitrogens with one attached hydrogen (secondary N) is 1. The first kappa shape index (κ1) is 14.1. The van der Waals surface area contributed by atoms with Crippen LogP contribution in [-0.2, 0) is 0 Å². The lowest BCUT2D eigenvalue weighted by atomic mass is 9.76. The Bertz CT molecular complexity index is 469. The fourth-order valence-corrected chi connectivity index (χ4v) is 3.92. The first-order chi connectivity index (χ1) is 9.32. The number of hydrogen-bond donors (Lipinski definition) is 1. The number of rotatable bonds is 4. The number of benzene rings is 1. The fourth-order valence-electron chi connectivity index (χ4n) is 3.92. The van der Waals surface area contributed by atoms with E-state index in [0.29, 0.717) is 22.8 Å². The molecule has 0 aliphatic heterocycles. The average Bonchev–Trinajstić information content (AvgIpc) is 2.71. The molecule has 3 rings (SSSR count). The van der Waals surface area contributed by atoms with Crippen LogP contribution < -0.4 is 5.32 Å². The van der Waals surface area contributed by atoms with Crippen LogP contribution in [0.2, 0.25) is 0 Å². The minimum Gasteiger partial charge on any atom is -0.314 e. The van der Waals surface area contributed by atoms with E-state index < -0.39 is 0 Å². The van der Waals surface area contributed by atoms with Crippen molar-refractivity contribution < 1.29 is 4.39 Å². The molecule has 0 unspecified atom stereocenters. The van der Waals surface area contributed by atoms with Crippen LogP contribution >= 0.6 is 0 Å². The van der Waals surface area contributed by atoms with Crippen molar-refractivity contribution in [1.82, 2.24) is 5.32 Å². The van der Waals surface area contributed by atoms with Crippen LogP contribution in [0.15, 0.2) is 24.3 Å². The lowest BCUT2D eigenvalue weighted by molar-refractivity contribution is 0.282. The molecule has 0 aromatic heterocycles. The Morgan fingerprint density at radius 3 is 2.10 bits per heavy atom. The van der Waals surface area contributed by atoms with E-state index in [9.17, 15) is 4.39 Å². The summed E-state index contributed by atoms with van der Waals surface area (Å²) in [5.41, 5.74) is 2.23. The highest BCUT2D eigenvalue weighted by Crippen LogP contribution is 2.68. The predicted octanol–water partition coefficient (Wildman–Crippen LogP) is 4.34. The normalized spacial score (nSPS) is 30.9. The van der Waals surface area contributed by atoms with E-state index in [2.05, 4.69) is 33.0 Å². The molecule has 2 aliphatic rings. The van der Waals surface area contributed by atoms with Crippen LogP contribution in [0.3, 0.4) is 0 Å². The molecule has 0 bridgehead atoms. The third-order valence-corrected chi connectivity index (χ3v) is 6.41. The first-order valence-electron chi connectivity index (χ1n) is 7.81. The maximum absolute atomic E-state index is 12.9. The Labute approximate surface area is 122 Å². The first-order valence-corrected chi connectivity index (χ1v) is 7.81. The third-order valence-electron chi connectivity index (χ3n) is 6.41. The van der Waals surface area contributed by atoms with E-state index in [1.807, 2.05) is 12.1 Å².